The summed E-state index contributed by atoms with van der Waals surface area (Å²) in [6.07, 6.45) is 3.86. The summed E-state index contributed by atoms with van der Waals surface area (Å²) in [6.45, 7) is 2.55. The van der Waals surface area contributed by atoms with Gasteiger partial charge in [-0.1, -0.05) is 11.6 Å². The van der Waals surface area contributed by atoms with Gasteiger partial charge >= 0.3 is 5.97 Å². The fourth-order valence-corrected chi connectivity index (χ4v) is 2.28. The first kappa shape index (κ1) is 13.9. The van der Waals surface area contributed by atoms with Crippen molar-refractivity contribution in [2.24, 2.45) is 0 Å². The molecule has 1 aliphatic rings. The summed E-state index contributed by atoms with van der Waals surface area (Å²) in [5.74, 6) is -1.05. The monoisotopic (exact) mass is 284 g/mol. The molecule has 2 rings (SSSR count). The Kier molecular flexibility index (Phi) is 4.14. The highest BCUT2D eigenvalue weighted by Gasteiger charge is 2.29. The lowest BCUT2D eigenvalue weighted by Crippen LogP contribution is -2.34. The molecule has 0 aliphatic heterocycles. The number of nitrogens with zero attached hydrogens (tertiary/aromatic N) is 2. The number of carboxylic acids is 1. The third-order valence-corrected chi connectivity index (χ3v) is 3.45. The molecule has 1 fully saturated rings. The van der Waals surface area contributed by atoms with Crippen molar-refractivity contribution >= 4 is 23.5 Å². The van der Waals surface area contributed by atoms with Crippen molar-refractivity contribution in [1.29, 1.82) is 0 Å². The fraction of sp³-hybridized carbons (Fsp3) is 0.538. The Morgan fingerprint density at radius 1 is 1.53 bits per heavy atom. The normalized spacial score (nSPS) is 14.4. The van der Waals surface area contributed by atoms with Crippen molar-refractivity contribution in [2.75, 3.05) is 13.1 Å². The highest BCUT2D eigenvalue weighted by Crippen LogP contribution is 2.37. The second kappa shape index (κ2) is 5.65. The molecule has 1 saturated carbocycles. The molecule has 0 unspecified atom stereocenters. The van der Waals surface area contributed by atoms with Crippen molar-refractivity contribution in [3.8, 4) is 0 Å². The van der Waals surface area contributed by atoms with Crippen molar-refractivity contribution in [3.63, 3.8) is 0 Å². The van der Waals surface area contributed by atoms with Crippen LogP contribution in [0.5, 0.6) is 0 Å². The van der Waals surface area contributed by atoms with Gasteiger partial charge in [0.2, 0.25) is 0 Å². The number of amides is 1. The minimum atomic E-state index is -0.901. The minimum Gasteiger partial charge on any atom is -0.481 e. The molecule has 1 amide bonds. The Labute approximate surface area is 116 Å². The first-order valence-electron chi connectivity index (χ1n) is 6.41. The third-order valence-electron chi connectivity index (χ3n) is 3.24. The van der Waals surface area contributed by atoms with Gasteiger partial charge in [0.25, 0.3) is 5.91 Å². The lowest BCUT2D eigenvalue weighted by molar-refractivity contribution is -0.137. The predicted octanol–water partition coefficient (Wildman–Crippen LogP) is 2.41. The Balaban J connectivity index is 2.14. The Hall–Kier alpha value is -1.49. The highest BCUT2D eigenvalue weighted by atomic mass is 35.5. The number of hydrogen-bond donors (Lipinski definition) is 1. The summed E-state index contributed by atoms with van der Waals surface area (Å²) < 4.78 is 1.91. The lowest BCUT2D eigenvalue weighted by atomic mass is 10.3. The summed E-state index contributed by atoms with van der Waals surface area (Å²) in [7, 11) is 0. The summed E-state index contributed by atoms with van der Waals surface area (Å²) in [4.78, 5) is 24.6. The van der Waals surface area contributed by atoms with Gasteiger partial charge < -0.3 is 14.6 Å². The maximum Gasteiger partial charge on any atom is 0.305 e. The van der Waals surface area contributed by atoms with Crippen LogP contribution in [0.15, 0.2) is 12.3 Å². The molecule has 5 nitrogen and oxygen atoms in total. The molecule has 0 radical (unpaired) electrons. The smallest absolute Gasteiger partial charge is 0.305 e. The number of halogens is 1. The number of carboxylic acid groups (broad SMARTS) is 1. The minimum absolute atomic E-state index is 0.0442. The number of hydrogen-bond acceptors (Lipinski definition) is 2. The maximum atomic E-state index is 12.4. The molecular weight excluding hydrogens is 268 g/mol. The molecule has 0 bridgehead atoms. The zero-order chi connectivity index (χ0) is 14.0. The number of rotatable bonds is 6. The summed E-state index contributed by atoms with van der Waals surface area (Å²) >= 11 is 5.97. The van der Waals surface area contributed by atoms with Crippen molar-refractivity contribution in [1.82, 2.24) is 9.47 Å². The van der Waals surface area contributed by atoms with Gasteiger partial charge in [-0.2, -0.15) is 0 Å². The number of carbonyl (C=O) groups excluding carboxylic acids is 1. The van der Waals surface area contributed by atoms with Crippen molar-refractivity contribution in [2.45, 2.75) is 32.2 Å². The quantitative estimate of drug-likeness (QED) is 0.872. The first-order valence-corrected chi connectivity index (χ1v) is 6.79. The van der Waals surface area contributed by atoms with Gasteiger partial charge in [-0.3, -0.25) is 9.59 Å². The molecule has 6 heteroatoms. The Bertz CT molecular complexity index is 494. The molecule has 1 heterocycles. The predicted molar refractivity (Wildman–Crippen MR) is 71.5 cm³/mol. The van der Waals surface area contributed by atoms with E-state index in [9.17, 15) is 9.59 Å². The van der Waals surface area contributed by atoms with Crippen LogP contribution >= 0.6 is 11.6 Å². The highest BCUT2D eigenvalue weighted by molar-refractivity contribution is 6.31. The first-order chi connectivity index (χ1) is 9.02. The average Bonchev–Trinajstić information content (AvgIpc) is 3.12. The zero-order valence-electron chi connectivity index (χ0n) is 10.8. The van der Waals surface area contributed by atoms with Gasteiger partial charge in [0.05, 0.1) is 11.4 Å². The van der Waals surface area contributed by atoms with Crippen molar-refractivity contribution < 1.29 is 14.7 Å². The second-order valence-electron chi connectivity index (χ2n) is 4.71. The van der Waals surface area contributed by atoms with Gasteiger partial charge in [-0.25, -0.2) is 0 Å². The van der Waals surface area contributed by atoms with E-state index in [0.29, 0.717) is 23.3 Å². The van der Waals surface area contributed by atoms with E-state index in [4.69, 9.17) is 16.7 Å². The van der Waals surface area contributed by atoms with Gasteiger partial charge in [-0.05, 0) is 25.8 Å². The molecule has 19 heavy (non-hydrogen) atoms. The van der Waals surface area contributed by atoms with E-state index in [1.54, 1.807) is 17.2 Å². The van der Waals surface area contributed by atoms with Crippen LogP contribution < -0.4 is 0 Å². The molecule has 1 aromatic rings. The third kappa shape index (κ3) is 3.29. The van der Waals surface area contributed by atoms with E-state index in [-0.39, 0.29) is 18.9 Å². The Morgan fingerprint density at radius 2 is 2.21 bits per heavy atom. The van der Waals surface area contributed by atoms with E-state index in [1.165, 1.54) is 0 Å². The molecule has 104 valence electrons. The Morgan fingerprint density at radius 3 is 2.74 bits per heavy atom. The second-order valence-corrected chi connectivity index (χ2v) is 5.15. The van der Waals surface area contributed by atoms with E-state index in [0.717, 1.165) is 12.8 Å². The summed E-state index contributed by atoms with van der Waals surface area (Å²) in [5.41, 5.74) is 0.555. The van der Waals surface area contributed by atoms with Crippen LogP contribution in [-0.2, 0) is 4.79 Å². The van der Waals surface area contributed by atoms with E-state index in [2.05, 4.69) is 0 Å². The van der Waals surface area contributed by atoms with Crippen LogP contribution in [-0.4, -0.2) is 39.5 Å². The molecule has 0 aromatic carbocycles. The van der Waals surface area contributed by atoms with E-state index >= 15 is 0 Å². The number of aromatic nitrogens is 1. The van der Waals surface area contributed by atoms with Gasteiger partial charge in [0.1, 0.15) is 5.69 Å². The number of carbonyl (C=O) groups is 2. The van der Waals surface area contributed by atoms with Crippen LogP contribution in [0.1, 0.15) is 42.7 Å². The van der Waals surface area contributed by atoms with Crippen LogP contribution in [0, 0.1) is 0 Å². The average molecular weight is 285 g/mol. The number of aliphatic carboxylic acids is 1. The largest absolute Gasteiger partial charge is 0.481 e. The summed E-state index contributed by atoms with van der Waals surface area (Å²) in [6, 6.07) is 2.02. The van der Waals surface area contributed by atoms with Gasteiger partial charge in [-0.15, -0.1) is 0 Å². The van der Waals surface area contributed by atoms with Gasteiger partial charge in [0, 0.05) is 25.3 Å². The maximum absolute atomic E-state index is 12.4. The molecular formula is C13H17ClN2O3. The van der Waals surface area contributed by atoms with Crippen LogP contribution in [0.2, 0.25) is 5.02 Å². The van der Waals surface area contributed by atoms with E-state index < -0.39 is 5.97 Å². The molecule has 0 spiro atoms. The van der Waals surface area contributed by atoms with Gasteiger partial charge in [0.15, 0.2) is 0 Å². The summed E-state index contributed by atoms with van der Waals surface area (Å²) in [5, 5.41) is 9.25. The zero-order valence-corrected chi connectivity index (χ0v) is 11.6. The topological polar surface area (TPSA) is 62.5 Å². The molecule has 0 saturated heterocycles. The molecule has 1 aromatic heterocycles. The molecule has 0 atom stereocenters. The van der Waals surface area contributed by atoms with Crippen LogP contribution in [0.4, 0.5) is 0 Å². The lowest BCUT2D eigenvalue weighted by Gasteiger charge is -2.20. The molecule has 1 N–H and O–H groups in total. The fourth-order valence-electron chi connectivity index (χ4n) is 2.07. The molecule has 1 aliphatic carbocycles. The van der Waals surface area contributed by atoms with Crippen LogP contribution in [0.3, 0.4) is 0 Å². The SMILES string of the molecule is CCN(CCC(=O)O)C(=O)c1cc(Cl)cn1C1CC1. The van der Waals surface area contributed by atoms with Crippen molar-refractivity contribution in [3.05, 3.63) is 23.0 Å². The van der Waals surface area contributed by atoms with Crippen LogP contribution in [0.25, 0.3) is 0 Å². The standard InChI is InChI=1S/C13H17ClN2O3/c1-2-15(6-5-12(17)18)13(19)11-7-9(14)8-16(11)10-3-4-10/h7-8,10H,2-6H2,1H3,(H,17,18). The van der Waals surface area contributed by atoms with E-state index in [1.807, 2.05) is 11.5 Å².